The van der Waals surface area contributed by atoms with Gasteiger partial charge in [0.1, 0.15) is 5.75 Å². The first-order valence-electron chi connectivity index (χ1n) is 13.7. The van der Waals surface area contributed by atoms with Gasteiger partial charge in [-0.3, -0.25) is 14.3 Å². The van der Waals surface area contributed by atoms with Crippen molar-refractivity contribution >= 4 is 34.9 Å². The molecule has 0 bridgehead atoms. The molecule has 3 aromatic rings. The van der Waals surface area contributed by atoms with Crippen molar-refractivity contribution < 1.29 is 19.4 Å². The van der Waals surface area contributed by atoms with Gasteiger partial charge in [0, 0.05) is 53.2 Å². The number of nitrogens with one attached hydrogen (secondary N) is 1. The molecule has 0 radical (unpaired) electrons. The molecule has 1 amide bonds. The van der Waals surface area contributed by atoms with Crippen LogP contribution in [0.15, 0.2) is 49.1 Å². The van der Waals surface area contributed by atoms with Crippen LogP contribution in [0.5, 0.6) is 5.75 Å². The normalized spacial score (nSPS) is 22.0. The maximum Gasteiger partial charge on any atom is 0.312 e. The van der Waals surface area contributed by atoms with Crippen molar-refractivity contribution in [1.29, 1.82) is 0 Å². The number of carbonyl (C=O) groups excluding carboxylic acids is 1. The lowest BCUT2D eigenvalue weighted by Gasteiger charge is -2.24. The molecule has 204 valence electrons. The Morgan fingerprint density at radius 1 is 1.23 bits per heavy atom. The molecule has 7 nitrogen and oxygen atoms in total. The van der Waals surface area contributed by atoms with Gasteiger partial charge < -0.3 is 14.4 Å². The molecular formula is C31H35N3O4S. The lowest BCUT2D eigenvalue weighted by Crippen LogP contribution is -2.23. The number of benzene rings is 2. The SMILES string of the molecule is C=CCN(C)SNC(=O)c1ccc2c(C3CCCCC3)c3n(c2c1)CC1(C(=O)O)CC1c1cc(OC)ccc1-3. The fourth-order valence-corrected chi connectivity index (χ4v) is 7.36. The Hall–Kier alpha value is -3.23. The van der Waals surface area contributed by atoms with Crippen LogP contribution in [0.1, 0.15) is 71.8 Å². The van der Waals surface area contributed by atoms with Gasteiger partial charge in [0.15, 0.2) is 0 Å². The Balaban J connectivity index is 1.54. The average molecular weight is 546 g/mol. The van der Waals surface area contributed by atoms with Crippen molar-refractivity contribution in [2.45, 2.75) is 56.9 Å². The van der Waals surface area contributed by atoms with Crippen LogP contribution in [0, 0.1) is 5.41 Å². The topological polar surface area (TPSA) is 83.8 Å². The Kier molecular flexibility index (Phi) is 6.71. The predicted octanol–water partition coefficient (Wildman–Crippen LogP) is 6.35. The van der Waals surface area contributed by atoms with Gasteiger partial charge in [0.2, 0.25) is 0 Å². The van der Waals surface area contributed by atoms with Crippen LogP contribution in [0.3, 0.4) is 0 Å². The van der Waals surface area contributed by atoms with E-state index in [-0.39, 0.29) is 11.8 Å². The summed E-state index contributed by atoms with van der Waals surface area (Å²) >= 11 is 1.24. The van der Waals surface area contributed by atoms with E-state index < -0.39 is 11.4 Å². The standard InChI is InChI=1S/C31H35N3O4S/c1-4-14-33(2)39-32-29(35)20-10-12-23-26(15-20)34-18-31(30(36)37)17-25(31)24-16-21(38-3)11-13-22(24)28(34)27(23)19-8-6-5-7-9-19/h4,10-13,15-16,19,25H,1,5-9,14,17-18H2,2-3H3,(H,32,35)(H,36,37). The minimum atomic E-state index is -0.857. The maximum absolute atomic E-state index is 13.2. The summed E-state index contributed by atoms with van der Waals surface area (Å²) in [5.41, 5.74) is 5.25. The third kappa shape index (κ3) is 4.34. The summed E-state index contributed by atoms with van der Waals surface area (Å²) in [6, 6.07) is 12.1. The van der Waals surface area contributed by atoms with E-state index in [9.17, 15) is 14.7 Å². The van der Waals surface area contributed by atoms with E-state index in [0.29, 0.717) is 31.0 Å². The van der Waals surface area contributed by atoms with Gasteiger partial charge in [-0.2, -0.15) is 0 Å². The second-order valence-electron chi connectivity index (χ2n) is 11.2. The summed E-state index contributed by atoms with van der Waals surface area (Å²) in [7, 11) is 3.54. The number of carbonyl (C=O) groups is 2. The van der Waals surface area contributed by atoms with Crippen LogP contribution >= 0.6 is 12.1 Å². The van der Waals surface area contributed by atoms with Gasteiger partial charge in [0.05, 0.1) is 18.2 Å². The first kappa shape index (κ1) is 26.0. The number of likely N-dealkylation sites (N-methyl/N-ethyl adjacent to an activating group) is 1. The lowest BCUT2D eigenvalue weighted by atomic mass is 9.81. The van der Waals surface area contributed by atoms with Crippen molar-refractivity contribution in [3.05, 3.63) is 65.7 Å². The van der Waals surface area contributed by atoms with Gasteiger partial charge in [0.25, 0.3) is 5.91 Å². The number of carboxylic acid groups (broad SMARTS) is 1. The molecule has 2 aromatic carbocycles. The van der Waals surface area contributed by atoms with E-state index >= 15 is 0 Å². The largest absolute Gasteiger partial charge is 0.497 e. The number of rotatable bonds is 8. The van der Waals surface area contributed by atoms with Crippen molar-refractivity contribution in [1.82, 2.24) is 13.6 Å². The summed E-state index contributed by atoms with van der Waals surface area (Å²) in [6.45, 7) is 4.78. The summed E-state index contributed by atoms with van der Waals surface area (Å²) in [6.07, 6.45) is 8.29. The van der Waals surface area contributed by atoms with E-state index in [1.165, 1.54) is 37.0 Å². The predicted molar refractivity (Wildman–Crippen MR) is 155 cm³/mol. The molecule has 2 heterocycles. The van der Waals surface area contributed by atoms with Gasteiger partial charge >= 0.3 is 5.97 Å². The van der Waals surface area contributed by atoms with Crippen LogP contribution in [-0.4, -0.2) is 46.6 Å². The molecule has 8 heteroatoms. The molecule has 1 aromatic heterocycles. The van der Waals surface area contributed by atoms with Gasteiger partial charge in [-0.15, -0.1) is 6.58 Å². The minimum Gasteiger partial charge on any atom is -0.497 e. The zero-order valence-electron chi connectivity index (χ0n) is 22.5. The van der Waals surface area contributed by atoms with Crippen molar-refractivity contribution in [3.8, 4) is 17.0 Å². The van der Waals surface area contributed by atoms with E-state index in [2.05, 4.69) is 28.0 Å². The molecule has 2 saturated carbocycles. The van der Waals surface area contributed by atoms with Crippen LogP contribution in [0.2, 0.25) is 0 Å². The van der Waals surface area contributed by atoms with E-state index in [1.807, 2.05) is 35.6 Å². The number of aromatic nitrogens is 1. The molecule has 2 unspecified atom stereocenters. The number of ether oxygens (including phenoxy) is 1. The Morgan fingerprint density at radius 2 is 2.03 bits per heavy atom. The van der Waals surface area contributed by atoms with E-state index in [1.54, 1.807) is 13.2 Å². The number of amides is 1. The fraction of sp³-hybridized carbons (Fsp3) is 0.419. The number of carboxylic acids is 1. The van der Waals surface area contributed by atoms with Crippen LogP contribution in [0.4, 0.5) is 0 Å². The molecule has 0 spiro atoms. The molecule has 2 aliphatic carbocycles. The smallest absolute Gasteiger partial charge is 0.312 e. The molecule has 2 fully saturated rings. The lowest BCUT2D eigenvalue weighted by molar-refractivity contribution is -0.144. The summed E-state index contributed by atoms with van der Waals surface area (Å²) in [5.74, 6) is 0.166. The number of aliphatic carboxylic acids is 1. The van der Waals surface area contributed by atoms with Crippen LogP contribution in [0.25, 0.3) is 22.2 Å². The molecule has 2 N–H and O–H groups in total. The second-order valence-corrected chi connectivity index (χ2v) is 12.2. The summed E-state index contributed by atoms with van der Waals surface area (Å²) < 4.78 is 12.6. The molecule has 1 aliphatic heterocycles. The third-order valence-corrected chi connectivity index (χ3v) is 9.63. The summed E-state index contributed by atoms with van der Waals surface area (Å²) in [4.78, 5) is 25.9. The quantitative estimate of drug-likeness (QED) is 0.254. The van der Waals surface area contributed by atoms with E-state index in [4.69, 9.17) is 4.74 Å². The maximum atomic E-state index is 13.2. The highest BCUT2D eigenvalue weighted by molar-refractivity contribution is 7.95. The number of hydrogen-bond donors (Lipinski definition) is 2. The number of hydrogen-bond acceptors (Lipinski definition) is 5. The Bertz CT molecular complexity index is 1470. The number of fused-ring (bicyclic) bond motifs is 7. The highest BCUT2D eigenvalue weighted by Gasteiger charge is 2.63. The first-order chi connectivity index (χ1) is 18.9. The van der Waals surface area contributed by atoms with Crippen LogP contribution in [-0.2, 0) is 11.3 Å². The zero-order valence-corrected chi connectivity index (χ0v) is 23.4. The van der Waals surface area contributed by atoms with E-state index in [0.717, 1.165) is 46.3 Å². The molecule has 2 atom stereocenters. The number of nitrogens with zero attached hydrogens (tertiary/aromatic N) is 2. The zero-order chi connectivity index (χ0) is 27.3. The van der Waals surface area contributed by atoms with Gasteiger partial charge in [-0.05, 0) is 73.7 Å². The average Bonchev–Trinajstić information content (AvgIpc) is 3.63. The molecular weight excluding hydrogens is 510 g/mol. The fourth-order valence-electron chi connectivity index (χ4n) is 6.82. The van der Waals surface area contributed by atoms with Gasteiger partial charge in [-0.25, -0.2) is 4.31 Å². The second kappa shape index (κ2) is 10.1. The van der Waals surface area contributed by atoms with Crippen molar-refractivity contribution in [2.24, 2.45) is 5.41 Å². The monoisotopic (exact) mass is 545 g/mol. The summed E-state index contributed by atoms with van der Waals surface area (Å²) in [5, 5.41) is 11.6. The Labute approximate surface area is 233 Å². The molecule has 6 rings (SSSR count). The van der Waals surface area contributed by atoms with Crippen LogP contribution < -0.4 is 9.46 Å². The third-order valence-electron chi connectivity index (χ3n) is 8.89. The molecule has 3 aliphatic rings. The highest BCUT2D eigenvalue weighted by Crippen LogP contribution is 2.65. The minimum absolute atomic E-state index is 0.0578. The molecule has 0 saturated heterocycles. The highest BCUT2D eigenvalue weighted by atomic mass is 32.2. The molecule has 39 heavy (non-hydrogen) atoms. The van der Waals surface area contributed by atoms with Gasteiger partial charge in [-0.1, -0.05) is 31.4 Å². The Morgan fingerprint density at radius 3 is 2.74 bits per heavy atom. The van der Waals surface area contributed by atoms with Crippen molar-refractivity contribution in [3.63, 3.8) is 0 Å². The first-order valence-corrected chi connectivity index (χ1v) is 14.5. The number of methoxy groups -OCH3 is 1. The van der Waals surface area contributed by atoms with Crippen molar-refractivity contribution in [2.75, 3.05) is 20.7 Å².